The van der Waals surface area contributed by atoms with E-state index >= 15 is 0 Å². The molecule has 0 fully saturated rings. The summed E-state index contributed by atoms with van der Waals surface area (Å²) in [6.45, 7) is 1.71. The Morgan fingerprint density at radius 3 is 2.84 bits per heavy atom. The van der Waals surface area contributed by atoms with Crippen LogP contribution in [0.5, 0.6) is 0 Å². The molecule has 1 aliphatic heterocycles. The lowest BCUT2D eigenvalue weighted by molar-refractivity contribution is 0.919. The number of nitrogens with zero attached hydrogens (tertiary/aromatic N) is 7. The predicted octanol–water partition coefficient (Wildman–Crippen LogP) is 2.65. The van der Waals surface area contributed by atoms with Gasteiger partial charge in [0, 0.05) is 17.8 Å². The summed E-state index contributed by atoms with van der Waals surface area (Å²) in [5.74, 6) is 6.99. The Hall–Kier alpha value is -4.37. The second-order valence-corrected chi connectivity index (χ2v) is 7.30. The first-order valence-corrected chi connectivity index (χ1v) is 10.00. The summed E-state index contributed by atoms with van der Waals surface area (Å²) in [6, 6.07) is -0.651. The predicted molar refractivity (Wildman–Crippen MR) is 118 cm³/mol. The van der Waals surface area contributed by atoms with E-state index in [-0.39, 0.29) is 5.84 Å². The van der Waals surface area contributed by atoms with E-state index in [0.29, 0.717) is 28.6 Å². The summed E-state index contributed by atoms with van der Waals surface area (Å²) in [5, 5.41) is 33.1. The number of thiazole rings is 1. The van der Waals surface area contributed by atoms with E-state index in [4.69, 9.17) is 15.8 Å². The fraction of sp³-hybridized carbons (Fsp3) is 0.105. The van der Waals surface area contributed by atoms with Gasteiger partial charge in [0.1, 0.15) is 22.2 Å². The van der Waals surface area contributed by atoms with Crippen molar-refractivity contribution in [3.63, 3.8) is 0 Å². The number of aromatic amines is 2. The van der Waals surface area contributed by atoms with Gasteiger partial charge >= 0.3 is 0 Å². The molecule has 12 heteroatoms. The number of rotatable bonds is 4. The Bertz CT molecular complexity index is 1310. The topological polar surface area (TPSA) is 150 Å². The maximum absolute atomic E-state index is 8.61. The van der Waals surface area contributed by atoms with E-state index in [1.54, 1.807) is 37.9 Å². The summed E-state index contributed by atoms with van der Waals surface area (Å²) < 4.78 is 0. The van der Waals surface area contributed by atoms with Gasteiger partial charge in [0.05, 0.1) is 36.2 Å². The molecular weight excluding hydrogens is 414 g/mol. The molecule has 0 radical (unpaired) electrons. The standard InChI is InChI=1S/C19H15N11S/c1-2-3-13-16(21)29(10-20)14-9-23-17(27-18(14)30(13)11-6-24-25-7-11)12-8-26-28-15(12)19-22-4-5-31-19/h4-10,13,20-21H,1H3,(H,24,25)(H,26,28). The zero-order valence-corrected chi connectivity index (χ0v) is 17.0. The van der Waals surface area contributed by atoms with Gasteiger partial charge in [0.25, 0.3) is 0 Å². The molecule has 152 valence electrons. The highest BCUT2D eigenvalue weighted by atomic mass is 32.1. The minimum absolute atomic E-state index is 0.126. The number of fused-ring (bicyclic) bond motifs is 1. The third kappa shape index (κ3) is 2.95. The van der Waals surface area contributed by atoms with Crippen molar-refractivity contribution < 1.29 is 0 Å². The zero-order valence-electron chi connectivity index (χ0n) is 16.2. The fourth-order valence-electron chi connectivity index (χ4n) is 3.37. The molecule has 0 aromatic carbocycles. The Balaban J connectivity index is 1.72. The zero-order chi connectivity index (χ0) is 21.4. The van der Waals surface area contributed by atoms with Crippen molar-refractivity contribution >= 4 is 40.7 Å². The van der Waals surface area contributed by atoms with Gasteiger partial charge in [-0.05, 0) is 6.92 Å². The first-order valence-electron chi connectivity index (χ1n) is 9.12. The second-order valence-electron chi connectivity index (χ2n) is 6.41. The Morgan fingerprint density at radius 2 is 2.13 bits per heavy atom. The van der Waals surface area contributed by atoms with Crippen molar-refractivity contribution in [2.45, 2.75) is 13.0 Å². The number of hydrogen-bond acceptors (Lipinski definition) is 9. The quantitative estimate of drug-likeness (QED) is 0.221. The summed E-state index contributed by atoms with van der Waals surface area (Å²) in [4.78, 5) is 16.9. The van der Waals surface area contributed by atoms with E-state index < -0.39 is 6.04 Å². The van der Waals surface area contributed by atoms with E-state index in [0.717, 1.165) is 17.0 Å². The van der Waals surface area contributed by atoms with Crippen molar-refractivity contribution in [1.82, 2.24) is 35.3 Å². The van der Waals surface area contributed by atoms with Crippen LogP contribution in [0.2, 0.25) is 0 Å². The number of hydrogen-bond donors (Lipinski definition) is 4. The molecule has 0 aliphatic carbocycles. The Morgan fingerprint density at radius 1 is 1.23 bits per heavy atom. The maximum atomic E-state index is 8.61. The van der Waals surface area contributed by atoms with Gasteiger partial charge in [0.15, 0.2) is 17.7 Å². The van der Waals surface area contributed by atoms with Crippen LogP contribution < -0.4 is 9.80 Å². The highest BCUT2D eigenvalue weighted by Crippen LogP contribution is 2.40. The monoisotopic (exact) mass is 429 g/mol. The van der Waals surface area contributed by atoms with Crippen LogP contribution in [0, 0.1) is 22.7 Å². The van der Waals surface area contributed by atoms with Crippen molar-refractivity contribution in [2.24, 2.45) is 0 Å². The number of aromatic nitrogens is 7. The van der Waals surface area contributed by atoms with Crippen molar-refractivity contribution in [3.05, 3.63) is 36.4 Å². The van der Waals surface area contributed by atoms with Gasteiger partial charge in [0.2, 0.25) is 0 Å². The van der Waals surface area contributed by atoms with Crippen LogP contribution in [0.3, 0.4) is 0 Å². The van der Waals surface area contributed by atoms with Gasteiger partial charge in [-0.3, -0.25) is 30.8 Å². The number of amidine groups is 1. The van der Waals surface area contributed by atoms with Gasteiger partial charge in [-0.2, -0.15) is 10.2 Å². The third-order valence-electron chi connectivity index (χ3n) is 4.71. The first kappa shape index (κ1) is 18.6. The highest BCUT2D eigenvalue weighted by Gasteiger charge is 2.37. The molecule has 4 aromatic heterocycles. The summed E-state index contributed by atoms with van der Waals surface area (Å²) in [6.07, 6.45) is 9.40. The van der Waals surface area contributed by atoms with Crippen LogP contribution in [0.1, 0.15) is 6.92 Å². The summed E-state index contributed by atoms with van der Waals surface area (Å²) >= 11 is 1.48. The summed E-state index contributed by atoms with van der Waals surface area (Å²) in [5.41, 5.74) is 2.62. The van der Waals surface area contributed by atoms with Gasteiger partial charge < -0.3 is 0 Å². The summed E-state index contributed by atoms with van der Waals surface area (Å²) in [7, 11) is 0. The maximum Gasteiger partial charge on any atom is 0.165 e. The molecule has 0 spiro atoms. The fourth-order valence-corrected chi connectivity index (χ4v) is 4.02. The van der Waals surface area contributed by atoms with Crippen LogP contribution >= 0.6 is 11.3 Å². The van der Waals surface area contributed by atoms with Gasteiger partial charge in [-0.15, -0.1) is 17.3 Å². The molecular formula is C19H15N11S. The number of anilines is 3. The average molecular weight is 429 g/mol. The largest absolute Gasteiger partial charge is 0.300 e. The van der Waals surface area contributed by atoms with Crippen molar-refractivity contribution in [1.29, 1.82) is 10.8 Å². The Kier molecular flexibility index (Phi) is 4.49. The Labute approximate surface area is 180 Å². The lowest BCUT2D eigenvalue weighted by Gasteiger charge is -2.39. The van der Waals surface area contributed by atoms with Crippen molar-refractivity contribution in [2.75, 3.05) is 9.80 Å². The molecule has 0 amide bonds. The molecule has 11 nitrogen and oxygen atoms in total. The van der Waals surface area contributed by atoms with E-state index in [1.807, 2.05) is 10.3 Å². The molecule has 31 heavy (non-hydrogen) atoms. The molecule has 0 bridgehead atoms. The third-order valence-corrected chi connectivity index (χ3v) is 5.50. The molecule has 0 saturated heterocycles. The van der Waals surface area contributed by atoms with Gasteiger partial charge in [-0.25, -0.2) is 15.0 Å². The SMILES string of the molecule is CC#CC1C(=N)N(C=N)c2cnc(-c3cn[nH]c3-c3nccs3)nc2N1c1cn[nH]c1. The molecule has 1 unspecified atom stereocenters. The molecule has 5 rings (SSSR count). The molecule has 4 aromatic rings. The minimum atomic E-state index is -0.651. The van der Waals surface area contributed by atoms with E-state index in [1.165, 1.54) is 16.2 Å². The lowest BCUT2D eigenvalue weighted by atomic mass is 10.1. The van der Waals surface area contributed by atoms with E-state index in [2.05, 4.69) is 42.2 Å². The van der Waals surface area contributed by atoms with Crippen LogP contribution in [0.4, 0.5) is 17.2 Å². The molecule has 1 atom stereocenters. The highest BCUT2D eigenvalue weighted by molar-refractivity contribution is 7.13. The first-order chi connectivity index (χ1) is 15.2. The van der Waals surface area contributed by atoms with E-state index in [9.17, 15) is 0 Å². The van der Waals surface area contributed by atoms with Gasteiger partial charge in [-0.1, -0.05) is 5.92 Å². The minimum Gasteiger partial charge on any atom is -0.300 e. The lowest BCUT2D eigenvalue weighted by Crippen LogP contribution is -2.50. The molecule has 1 aliphatic rings. The number of H-pyrrole nitrogens is 2. The van der Waals surface area contributed by atoms with Crippen molar-refractivity contribution in [3.8, 4) is 33.9 Å². The normalized spacial score (nSPS) is 15.4. The molecule has 0 saturated carbocycles. The number of nitrogens with one attached hydrogen (secondary N) is 4. The van der Waals surface area contributed by atoms with Crippen LogP contribution in [-0.4, -0.2) is 53.6 Å². The average Bonchev–Trinajstić information content (AvgIpc) is 3.56. The smallest absolute Gasteiger partial charge is 0.165 e. The molecule has 5 heterocycles. The van der Waals surface area contributed by atoms with Crippen LogP contribution in [-0.2, 0) is 0 Å². The molecule has 4 N–H and O–H groups in total. The second kappa shape index (κ2) is 7.47. The van der Waals surface area contributed by atoms with Crippen LogP contribution in [0.15, 0.2) is 36.4 Å². The van der Waals surface area contributed by atoms with Crippen LogP contribution in [0.25, 0.3) is 22.1 Å².